The van der Waals surface area contributed by atoms with E-state index in [4.69, 9.17) is 0 Å². The summed E-state index contributed by atoms with van der Waals surface area (Å²) in [5.41, 5.74) is 2.64. The van der Waals surface area contributed by atoms with Crippen LogP contribution in [0.25, 0.3) is 0 Å². The van der Waals surface area contributed by atoms with Gasteiger partial charge < -0.3 is 10.4 Å². The molecule has 3 rings (SSSR count). The highest BCUT2D eigenvalue weighted by atomic mass is 16.3. The van der Waals surface area contributed by atoms with Gasteiger partial charge in [-0.15, -0.1) is 0 Å². The molecule has 0 aliphatic heterocycles. The van der Waals surface area contributed by atoms with Crippen LogP contribution >= 0.6 is 0 Å². The molecular weight excluding hydrogens is 290 g/mol. The van der Waals surface area contributed by atoms with Gasteiger partial charge in [-0.2, -0.15) is 0 Å². The average molecular weight is 309 g/mol. The molecule has 1 amide bonds. The summed E-state index contributed by atoms with van der Waals surface area (Å²) in [5.74, 6) is -0.261. The summed E-state index contributed by atoms with van der Waals surface area (Å²) >= 11 is 0. The number of hydrogen-bond donors (Lipinski definition) is 2. The molecule has 118 valence electrons. The lowest BCUT2D eigenvalue weighted by molar-refractivity contribution is -0.122. The van der Waals surface area contributed by atoms with E-state index in [1.807, 2.05) is 30.3 Å². The summed E-state index contributed by atoms with van der Waals surface area (Å²) in [4.78, 5) is 24.1. The first-order valence-corrected chi connectivity index (χ1v) is 7.78. The number of hydrogen-bond acceptors (Lipinski definition) is 3. The van der Waals surface area contributed by atoms with Gasteiger partial charge in [0, 0.05) is 24.8 Å². The van der Waals surface area contributed by atoms with Gasteiger partial charge in [-0.1, -0.05) is 54.6 Å². The van der Waals surface area contributed by atoms with Gasteiger partial charge in [0.2, 0.25) is 5.91 Å². The van der Waals surface area contributed by atoms with Crippen molar-refractivity contribution in [3.63, 3.8) is 0 Å². The van der Waals surface area contributed by atoms with Crippen molar-refractivity contribution in [3.05, 3.63) is 71.3 Å². The predicted octanol–water partition coefficient (Wildman–Crippen LogP) is 2.42. The molecule has 23 heavy (non-hydrogen) atoms. The molecule has 0 aromatic heterocycles. The maximum atomic E-state index is 12.1. The van der Waals surface area contributed by atoms with Crippen molar-refractivity contribution in [3.8, 4) is 0 Å². The van der Waals surface area contributed by atoms with E-state index in [0.29, 0.717) is 12.0 Å². The quantitative estimate of drug-likeness (QED) is 0.834. The van der Waals surface area contributed by atoms with Crippen molar-refractivity contribution in [2.75, 3.05) is 0 Å². The Hall–Kier alpha value is -2.46. The Morgan fingerprint density at radius 1 is 1.00 bits per heavy atom. The summed E-state index contributed by atoms with van der Waals surface area (Å²) in [6.07, 6.45) is 0.227. The van der Waals surface area contributed by atoms with Gasteiger partial charge in [-0.25, -0.2) is 0 Å². The Morgan fingerprint density at radius 3 is 2.48 bits per heavy atom. The Bertz CT molecular complexity index is 712. The molecule has 4 heteroatoms. The highest BCUT2D eigenvalue weighted by Crippen LogP contribution is 2.31. The lowest BCUT2D eigenvalue weighted by Crippen LogP contribution is -2.34. The van der Waals surface area contributed by atoms with Crippen LogP contribution in [0.3, 0.4) is 0 Å². The number of carbonyl (C=O) groups is 2. The third kappa shape index (κ3) is 3.48. The molecule has 0 radical (unpaired) electrons. The summed E-state index contributed by atoms with van der Waals surface area (Å²) in [6, 6.07) is 16.3. The van der Waals surface area contributed by atoms with Crippen molar-refractivity contribution in [2.24, 2.45) is 0 Å². The molecule has 2 aromatic carbocycles. The van der Waals surface area contributed by atoms with Crippen LogP contribution < -0.4 is 5.32 Å². The van der Waals surface area contributed by atoms with Crippen LogP contribution in [-0.4, -0.2) is 22.9 Å². The molecule has 2 N–H and O–H groups in total. The second-order valence-electron chi connectivity index (χ2n) is 5.80. The molecule has 1 aliphatic carbocycles. The molecule has 0 heterocycles. The number of Topliss-reactive ketones (excluding diaryl/α,β-unsaturated/α-hetero) is 1. The molecule has 0 saturated heterocycles. The second-order valence-corrected chi connectivity index (χ2v) is 5.80. The summed E-state index contributed by atoms with van der Waals surface area (Å²) in [7, 11) is 0. The number of nitrogens with one attached hydrogen (secondary N) is 1. The van der Waals surface area contributed by atoms with E-state index in [0.717, 1.165) is 11.1 Å². The van der Waals surface area contributed by atoms with Crippen LogP contribution in [0.15, 0.2) is 54.6 Å². The Morgan fingerprint density at radius 2 is 1.70 bits per heavy atom. The standard InChI is InChI=1S/C19H19NO3/c21-16(13-6-2-1-3-7-13)10-11-18(23)20-19-15-9-5-4-8-14(15)12-17(19)22/h1-9,17,19,22H,10-12H2,(H,20,23)/t17-,19+/m0/s1. The molecule has 1 aliphatic rings. The van der Waals surface area contributed by atoms with E-state index in [-0.39, 0.29) is 30.6 Å². The number of aliphatic hydroxyl groups excluding tert-OH is 1. The number of rotatable bonds is 5. The first kappa shape index (κ1) is 15.4. The number of aliphatic hydroxyl groups is 1. The molecule has 0 saturated carbocycles. The van der Waals surface area contributed by atoms with Gasteiger partial charge in [-0.3, -0.25) is 9.59 Å². The van der Waals surface area contributed by atoms with E-state index < -0.39 is 6.10 Å². The zero-order valence-corrected chi connectivity index (χ0v) is 12.7. The lowest BCUT2D eigenvalue weighted by Gasteiger charge is -2.17. The number of benzene rings is 2. The number of ketones is 1. The van der Waals surface area contributed by atoms with Crippen molar-refractivity contribution in [1.29, 1.82) is 0 Å². The van der Waals surface area contributed by atoms with Crippen LogP contribution in [0, 0.1) is 0 Å². The minimum absolute atomic E-state index is 0.0480. The smallest absolute Gasteiger partial charge is 0.221 e. The van der Waals surface area contributed by atoms with Crippen molar-refractivity contribution in [2.45, 2.75) is 31.4 Å². The fourth-order valence-corrected chi connectivity index (χ4v) is 2.99. The topological polar surface area (TPSA) is 66.4 Å². The number of fused-ring (bicyclic) bond motifs is 1. The maximum absolute atomic E-state index is 12.1. The fraction of sp³-hybridized carbons (Fsp3) is 0.263. The maximum Gasteiger partial charge on any atom is 0.221 e. The summed E-state index contributed by atoms with van der Waals surface area (Å²) in [6.45, 7) is 0. The Balaban J connectivity index is 1.57. The first-order chi connectivity index (χ1) is 11.1. The summed E-state index contributed by atoms with van der Waals surface area (Å²) in [5, 5.41) is 13.0. The Labute approximate surface area is 135 Å². The van der Waals surface area contributed by atoms with Crippen LogP contribution in [0.5, 0.6) is 0 Å². The molecule has 0 spiro atoms. The first-order valence-electron chi connectivity index (χ1n) is 7.78. The second kappa shape index (κ2) is 6.75. The molecule has 0 unspecified atom stereocenters. The monoisotopic (exact) mass is 309 g/mol. The van der Waals surface area contributed by atoms with E-state index in [1.54, 1.807) is 24.3 Å². The third-order valence-corrected chi connectivity index (χ3v) is 4.20. The van der Waals surface area contributed by atoms with Crippen molar-refractivity contribution < 1.29 is 14.7 Å². The molecule has 2 atom stereocenters. The van der Waals surface area contributed by atoms with Crippen LogP contribution in [0.2, 0.25) is 0 Å². The highest BCUT2D eigenvalue weighted by Gasteiger charge is 2.31. The summed E-state index contributed by atoms with van der Waals surface area (Å²) < 4.78 is 0. The molecular formula is C19H19NO3. The normalized spacial score (nSPS) is 19.2. The minimum atomic E-state index is -0.610. The minimum Gasteiger partial charge on any atom is -0.390 e. The zero-order valence-electron chi connectivity index (χ0n) is 12.7. The van der Waals surface area contributed by atoms with E-state index in [9.17, 15) is 14.7 Å². The lowest BCUT2D eigenvalue weighted by atomic mass is 10.1. The molecule has 2 aromatic rings. The zero-order chi connectivity index (χ0) is 16.2. The van der Waals surface area contributed by atoms with E-state index in [2.05, 4.69) is 5.32 Å². The molecule has 0 fully saturated rings. The van der Waals surface area contributed by atoms with Gasteiger partial charge >= 0.3 is 0 Å². The van der Waals surface area contributed by atoms with Crippen LogP contribution in [0.4, 0.5) is 0 Å². The average Bonchev–Trinajstić information content (AvgIpc) is 2.89. The highest BCUT2D eigenvalue weighted by molar-refractivity contribution is 5.97. The van der Waals surface area contributed by atoms with E-state index in [1.165, 1.54) is 0 Å². The number of carbonyl (C=O) groups excluding carboxylic acids is 2. The van der Waals surface area contributed by atoms with Crippen molar-refractivity contribution in [1.82, 2.24) is 5.32 Å². The van der Waals surface area contributed by atoms with Gasteiger partial charge in [0.25, 0.3) is 0 Å². The fourth-order valence-electron chi connectivity index (χ4n) is 2.99. The van der Waals surface area contributed by atoms with Gasteiger partial charge in [0.1, 0.15) is 0 Å². The number of amides is 1. The Kier molecular flexibility index (Phi) is 4.53. The van der Waals surface area contributed by atoms with Crippen LogP contribution in [0.1, 0.15) is 40.4 Å². The van der Waals surface area contributed by atoms with Gasteiger partial charge in [0.15, 0.2) is 5.78 Å². The van der Waals surface area contributed by atoms with Gasteiger partial charge in [0.05, 0.1) is 12.1 Å². The van der Waals surface area contributed by atoms with Crippen molar-refractivity contribution >= 4 is 11.7 Å². The predicted molar refractivity (Wildman–Crippen MR) is 87.0 cm³/mol. The molecule has 0 bridgehead atoms. The third-order valence-electron chi connectivity index (χ3n) is 4.20. The van der Waals surface area contributed by atoms with E-state index >= 15 is 0 Å². The molecule has 4 nitrogen and oxygen atoms in total. The largest absolute Gasteiger partial charge is 0.390 e. The van der Waals surface area contributed by atoms with Gasteiger partial charge in [-0.05, 0) is 11.1 Å². The SMILES string of the molecule is O=C(CCC(=O)c1ccccc1)N[C@@H]1c2ccccc2C[C@@H]1O. The van der Waals surface area contributed by atoms with Crippen LogP contribution in [-0.2, 0) is 11.2 Å².